The zero-order valence-corrected chi connectivity index (χ0v) is 12.6. The average molecular weight is 292 g/mol. The normalized spacial score (nSPS) is 15.3. The third-order valence-corrected chi connectivity index (χ3v) is 3.40. The molecule has 0 aromatic carbocycles. The number of rotatable bonds is 6. The predicted octanol–water partition coefficient (Wildman–Crippen LogP) is 0.0606. The molecule has 1 amide bonds. The second-order valence-corrected chi connectivity index (χ2v) is 5.01. The Hall–Kier alpha value is -2.05. The largest absolute Gasteiger partial charge is 0.357 e. The SMILES string of the molecule is CCNC(=NCC(=O)N1CCCC1)NCCn1ccnc1. The lowest BCUT2D eigenvalue weighted by Gasteiger charge is -2.15. The minimum absolute atomic E-state index is 0.110. The van der Waals surface area contributed by atoms with E-state index in [1.807, 2.05) is 22.6 Å². The highest BCUT2D eigenvalue weighted by molar-refractivity contribution is 5.85. The maximum absolute atomic E-state index is 12.0. The van der Waals surface area contributed by atoms with Gasteiger partial charge in [0.05, 0.1) is 6.33 Å². The number of imidazole rings is 1. The second kappa shape index (κ2) is 8.28. The Kier molecular flexibility index (Phi) is 6.05. The Morgan fingerprint density at radius 1 is 1.33 bits per heavy atom. The number of carbonyl (C=O) groups excluding carboxylic acids is 1. The highest BCUT2D eigenvalue weighted by atomic mass is 16.2. The van der Waals surface area contributed by atoms with Gasteiger partial charge in [0.1, 0.15) is 6.54 Å². The summed E-state index contributed by atoms with van der Waals surface area (Å²) in [4.78, 5) is 22.2. The van der Waals surface area contributed by atoms with Crippen LogP contribution in [0.25, 0.3) is 0 Å². The molecular weight excluding hydrogens is 268 g/mol. The number of guanidine groups is 1. The fraction of sp³-hybridized carbons (Fsp3) is 0.643. The van der Waals surface area contributed by atoms with Crippen LogP contribution in [0, 0.1) is 0 Å². The van der Waals surface area contributed by atoms with Crippen LogP contribution in [0.5, 0.6) is 0 Å². The molecule has 2 heterocycles. The topological polar surface area (TPSA) is 74.6 Å². The summed E-state index contributed by atoms with van der Waals surface area (Å²) in [5, 5.41) is 6.38. The molecule has 2 rings (SSSR count). The van der Waals surface area contributed by atoms with Crippen LogP contribution in [0.15, 0.2) is 23.7 Å². The lowest BCUT2D eigenvalue weighted by atomic mass is 10.4. The second-order valence-electron chi connectivity index (χ2n) is 5.01. The number of nitrogens with one attached hydrogen (secondary N) is 2. The van der Waals surface area contributed by atoms with Gasteiger partial charge in [-0.25, -0.2) is 9.98 Å². The van der Waals surface area contributed by atoms with Crippen molar-refractivity contribution in [1.29, 1.82) is 0 Å². The zero-order valence-electron chi connectivity index (χ0n) is 12.6. The molecule has 1 saturated heterocycles. The first kappa shape index (κ1) is 15.3. The summed E-state index contributed by atoms with van der Waals surface area (Å²) in [5.74, 6) is 0.796. The quantitative estimate of drug-likeness (QED) is 0.574. The number of amides is 1. The van der Waals surface area contributed by atoms with Gasteiger partial charge in [-0.1, -0.05) is 0 Å². The summed E-state index contributed by atoms with van der Waals surface area (Å²) in [6.45, 7) is 6.28. The maximum atomic E-state index is 12.0. The van der Waals surface area contributed by atoms with Crippen molar-refractivity contribution in [2.24, 2.45) is 4.99 Å². The van der Waals surface area contributed by atoms with Gasteiger partial charge in [0.25, 0.3) is 0 Å². The highest BCUT2D eigenvalue weighted by Crippen LogP contribution is 2.07. The first-order valence-electron chi connectivity index (χ1n) is 7.55. The number of likely N-dealkylation sites (tertiary alicyclic amines) is 1. The standard InChI is InChI=1S/C14H24N6O/c1-2-16-14(17-6-10-19-9-5-15-12-19)18-11-13(21)20-7-3-4-8-20/h5,9,12H,2-4,6-8,10-11H2,1H3,(H2,16,17,18). The first-order chi connectivity index (χ1) is 10.3. The van der Waals surface area contributed by atoms with E-state index in [-0.39, 0.29) is 12.5 Å². The number of hydrogen-bond acceptors (Lipinski definition) is 3. The predicted molar refractivity (Wildman–Crippen MR) is 82.0 cm³/mol. The van der Waals surface area contributed by atoms with Crippen molar-refractivity contribution in [1.82, 2.24) is 25.1 Å². The van der Waals surface area contributed by atoms with E-state index in [1.165, 1.54) is 0 Å². The summed E-state index contributed by atoms with van der Waals surface area (Å²) in [6.07, 6.45) is 7.68. The third-order valence-electron chi connectivity index (χ3n) is 3.40. The van der Waals surface area contributed by atoms with Crippen LogP contribution in [-0.2, 0) is 11.3 Å². The van der Waals surface area contributed by atoms with E-state index in [0.717, 1.165) is 45.6 Å². The highest BCUT2D eigenvalue weighted by Gasteiger charge is 2.17. The lowest BCUT2D eigenvalue weighted by Crippen LogP contribution is -2.40. The molecule has 1 aromatic rings. The van der Waals surface area contributed by atoms with Gasteiger partial charge in [0, 0.05) is 45.1 Å². The minimum atomic E-state index is 0.110. The molecule has 0 atom stereocenters. The number of aliphatic imine (C=N–C) groups is 1. The fourth-order valence-electron chi connectivity index (χ4n) is 2.28. The van der Waals surface area contributed by atoms with Crippen molar-refractivity contribution in [3.05, 3.63) is 18.7 Å². The van der Waals surface area contributed by atoms with Crippen molar-refractivity contribution in [2.75, 3.05) is 32.7 Å². The summed E-state index contributed by atoms with van der Waals surface area (Å²) in [7, 11) is 0. The van der Waals surface area contributed by atoms with Crippen LogP contribution in [0.1, 0.15) is 19.8 Å². The number of nitrogens with zero attached hydrogens (tertiary/aromatic N) is 4. The van der Waals surface area contributed by atoms with Gasteiger partial charge in [-0.05, 0) is 19.8 Å². The van der Waals surface area contributed by atoms with Crippen LogP contribution in [0.4, 0.5) is 0 Å². The Bertz CT molecular complexity index is 450. The average Bonchev–Trinajstić information content (AvgIpc) is 3.17. The van der Waals surface area contributed by atoms with E-state index in [2.05, 4.69) is 20.6 Å². The van der Waals surface area contributed by atoms with Crippen molar-refractivity contribution in [3.8, 4) is 0 Å². The Balaban J connectivity index is 1.76. The van der Waals surface area contributed by atoms with E-state index in [9.17, 15) is 4.79 Å². The molecule has 1 aliphatic rings. The van der Waals surface area contributed by atoms with Crippen LogP contribution in [-0.4, -0.2) is 59.0 Å². The molecule has 1 aromatic heterocycles. The van der Waals surface area contributed by atoms with Gasteiger partial charge in [-0.15, -0.1) is 0 Å². The third kappa shape index (κ3) is 5.09. The van der Waals surface area contributed by atoms with Gasteiger partial charge >= 0.3 is 0 Å². The van der Waals surface area contributed by atoms with Crippen molar-refractivity contribution >= 4 is 11.9 Å². The Labute approximate surface area is 125 Å². The van der Waals surface area contributed by atoms with Crippen LogP contribution < -0.4 is 10.6 Å². The molecular formula is C14H24N6O. The molecule has 21 heavy (non-hydrogen) atoms. The molecule has 2 N–H and O–H groups in total. The Morgan fingerprint density at radius 2 is 2.14 bits per heavy atom. The lowest BCUT2D eigenvalue weighted by molar-refractivity contribution is -0.128. The molecule has 0 spiro atoms. The van der Waals surface area contributed by atoms with Crippen molar-refractivity contribution < 1.29 is 4.79 Å². The maximum Gasteiger partial charge on any atom is 0.244 e. The molecule has 7 nitrogen and oxygen atoms in total. The molecule has 116 valence electrons. The van der Waals surface area contributed by atoms with Crippen molar-refractivity contribution in [3.63, 3.8) is 0 Å². The van der Waals surface area contributed by atoms with Gasteiger partial charge in [-0.2, -0.15) is 0 Å². The number of aromatic nitrogens is 2. The van der Waals surface area contributed by atoms with Crippen molar-refractivity contribution in [2.45, 2.75) is 26.3 Å². The summed E-state index contributed by atoms with van der Waals surface area (Å²) in [5.41, 5.74) is 0. The molecule has 0 bridgehead atoms. The zero-order chi connectivity index (χ0) is 14.9. The summed E-state index contributed by atoms with van der Waals surface area (Å²) in [6, 6.07) is 0. The molecule has 0 saturated carbocycles. The van der Waals surface area contributed by atoms with Crippen LogP contribution in [0.3, 0.4) is 0 Å². The number of carbonyl (C=O) groups is 1. The molecule has 1 fully saturated rings. The smallest absolute Gasteiger partial charge is 0.244 e. The van der Waals surface area contributed by atoms with Crippen LogP contribution in [0.2, 0.25) is 0 Å². The van der Waals surface area contributed by atoms with Gasteiger partial charge in [0.15, 0.2) is 5.96 Å². The van der Waals surface area contributed by atoms with E-state index in [4.69, 9.17) is 0 Å². The van der Waals surface area contributed by atoms with Gasteiger partial charge in [0.2, 0.25) is 5.91 Å². The molecule has 0 unspecified atom stereocenters. The molecule has 0 aliphatic carbocycles. The van der Waals surface area contributed by atoms with Gasteiger partial charge < -0.3 is 20.1 Å². The number of hydrogen-bond donors (Lipinski definition) is 2. The summed E-state index contributed by atoms with van der Waals surface area (Å²) >= 11 is 0. The molecule has 0 radical (unpaired) electrons. The first-order valence-corrected chi connectivity index (χ1v) is 7.55. The Morgan fingerprint density at radius 3 is 2.81 bits per heavy atom. The van der Waals surface area contributed by atoms with Crippen LogP contribution >= 0.6 is 0 Å². The van der Waals surface area contributed by atoms with E-state index in [0.29, 0.717) is 5.96 Å². The van der Waals surface area contributed by atoms with E-state index >= 15 is 0 Å². The van der Waals surface area contributed by atoms with Gasteiger partial charge in [-0.3, -0.25) is 4.79 Å². The monoisotopic (exact) mass is 292 g/mol. The summed E-state index contributed by atoms with van der Waals surface area (Å²) < 4.78 is 1.99. The fourth-order valence-corrected chi connectivity index (χ4v) is 2.28. The van der Waals surface area contributed by atoms with E-state index in [1.54, 1.807) is 12.5 Å². The minimum Gasteiger partial charge on any atom is -0.357 e. The van der Waals surface area contributed by atoms with E-state index < -0.39 is 0 Å². The molecule has 1 aliphatic heterocycles. The molecule has 7 heteroatoms.